The topological polar surface area (TPSA) is 55.1 Å². The standard InChI is InChI=1S/C28H27ClFNO4/c29-21-4-2-6-26(15-21)35-24-9-11-31(12-10-24)16-23(32)18-33-25-5-1-3-19(14-25)28-27-8-7-22(30)13-20(27)17-34-28/h1-8,13-15,17,23-24,32H,9-12,16,18H2/t23-/m1/s1. The van der Waals surface area contributed by atoms with E-state index in [1.54, 1.807) is 12.3 Å². The number of hydrogen-bond donors (Lipinski definition) is 1. The lowest BCUT2D eigenvalue weighted by Crippen LogP contribution is -2.43. The van der Waals surface area contributed by atoms with Gasteiger partial charge in [-0.05, 0) is 61.4 Å². The van der Waals surface area contributed by atoms with Gasteiger partial charge in [-0.25, -0.2) is 4.39 Å². The summed E-state index contributed by atoms with van der Waals surface area (Å²) in [7, 11) is 0. The Kier molecular flexibility index (Phi) is 7.23. The number of halogens is 2. The van der Waals surface area contributed by atoms with Crippen molar-refractivity contribution in [3.63, 3.8) is 0 Å². The summed E-state index contributed by atoms with van der Waals surface area (Å²) >= 11 is 6.03. The zero-order valence-corrected chi connectivity index (χ0v) is 20.0. The quantitative estimate of drug-likeness (QED) is 0.316. The van der Waals surface area contributed by atoms with E-state index in [0.717, 1.165) is 42.6 Å². The molecule has 4 aromatic rings. The van der Waals surface area contributed by atoms with Gasteiger partial charge in [0.2, 0.25) is 0 Å². The highest BCUT2D eigenvalue weighted by atomic mass is 35.5. The first kappa shape index (κ1) is 23.7. The first-order valence-corrected chi connectivity index (χ1v) is 12.1. The molecular formula is C28H27ClFNO4. The van der Waals surface area contributed by atoms with Crippen LogP contribution in [-0.2, 0) is 0 Å². The van der Waals surface area contributed by atoms with Crippen molar-refractivity contribution in [3.8, 4) is 22.8 Å². The van der Waals surface area contributed by atoms with E-state index in [1.165, 1.54) is 12.1 Å². The molecule has 182 valence electrons. The van der Waals surface area contributed by atoms with Crippen LogP contribution in [0.25, 0.3) is 22.1 Å². The molecule has 1 aromatic heterocycles. The Morgan fingerprint density at radius 2 is 1.83 bits per heavy atom. The molecule has 35 heavy (non-hydrogen) atoms. The molecule has 1 saturated heterocycles. The number of piperidine rings is 1. The lowest BCUT2D eigenvalue weighted by molar-refractivity contribution is 0.0402. The molecule has 1 atom stereocenters. The zero-order chi connectivity index (χ0) is 24.2. The first-order valence-electron chi connectivity index (χ1n) is 11.8. The molecule has 1 N–H and O–H groups in total. The molecule has 7 heteroatoms. The van der Waals surface area contributed by atoms with Gasteiger partial charge in [0.1, 0.15) is 41.9 Å². The van der Waals surface area contributed by atoms with Crippen molar-refractivity contribution in [2.75, 3.05) is 26.2 Å². The highest BCUT2D eigenvalue weighted by molar-refractivity contribution is 6.30. The Labute approximate surface area is 208 Å². The predicted molar refractivity (Wildman–Crippen MR) is 135 cm³/mol. The van der Waals surface area contributed by atoms with E-state index in [4.69, 9.17) is 25.5 Å². The number of β-amino-alcohol motifs (C(OH)–C–C–N with tert-alkyl or cyclic N) is 1. The van der Waals surface area contributed by atoms with Crippen LogP contribution in [0.3, 0.4) is 0 Å². The van der Waals surface area contributed by atoms with Crippen molar-refractivity contribution in [2.24, 2.45) is 0 Å². The second kappa shape index (κ2) is 10.7. The van der Waals surface area contributed by atoms with Gasteiger partial charge in [0.15, 0.2) is 0 Å². The average molecular weight is 496 g/mol. The Hall–Kier alpha value is -3.06. The monoisotopic (exact) mass is 495 g/mol. The van der Waals surface area contributed by atoms with E-state index in [9.17, 15) is 9.50 Å². The minimum Gasteiger partial charge on any atom is -0.491 e. The van der Waals surface area contributed by atoms with Gasteiger partial charge in [-0.15, -0.1) is 0 Å². The minimum absolute atomic E-state index is 0.148. The Balaban J connectivity index is 1.11. The summed E-state index contributed by atoms with van der Waals surface area (Å²) in [5, 5.41) is 12.8. The molecule has 0 aliphatic carbocycles. The third-order valence-electron chi connectivity index (χ3n) is 6.20. The number of benzene rings is 3. The Morgan fingerprint density at radius 3 is 2.66 bits per heavy atom. The number of aliphatic hydroxyl groups is 1. The fourth-order valence-electron chi connectivity index (χ4n) is 4.46. The number of aliphatic hydroxyl groups excluding tert-OH is 1. The van der Waals surface area contributed by atoms with Gasteiger partial charge >= 0.3 is 0 Å². The van der Waals surface area contributed by atoms with Crippen LogP contribution >= 0.6 is 11.6 Å². The summed E-state index contributed by atoms with van der Waals surface area (Å²) in [6.45, 7) is 2.43. The summed E-state index contributed by atoms with van der Waals surface area (Å²) in [4.78, 5) is 2.23. The molecule has 5 nitrogen and oxygen atoms in total. The van der Waals surface area contributed by atoms with E-state index in [2.05, 4.69) is 4.90 Å². The number of furan rings is 1. The van der Waals surface area contributed by atoms with Gasteiger partial charge in [0.05, 0.1) is 6.26 Å². The molecule has 1 aliphatic heterocycles. The molecule has 3 aromatic carbocycles. The number of rotatable bonds is 8. The van der Waals surface area contributed by atoms with Crippen LogP contribution in [0.5, 0.6) is 11.5 Å². The summed E-state index contributed by atoms with van der Waals surface area (Å²) < 4.78 is 31.1. The zero-order valence-electron chi connectivity index (χ0n) is 19.2. The minimum atomic E-state index is -0.614. The molecule has 0 bridgehead atoms. The molecule has 1 aliphatic rings. The molecule has 0 spiro atoms. The highest BCUT2D eigenvalue weighted by Crippen LogP contribution is 2.32. The smallest absolute Gasteiger partial charge is 0.141 e. The van der Waals surface area contributed by atoms with Crippen molar-refractivity contribution >= 4 is 22.4 Å². The molecule has 0 saturated carbocycles. The molecular weight excluding hydrogens is 469 g/mol. The van der Waals surface area contributed by atoms with Crippen LogP contribution in [0.1, 0.15) is 12.8 Å². The lowest BCUT2D eigenvalue weighted by Gasteiger charge is -2.33. The van der Waals surface area contributed by atoms with Gasteiger partial charge < -0.3 is 23.9 Å². The Bertz CT molecular complexity index is 1280. The fraction of sp³-hybridized carbons (Fsp3) is 0.286. The third-order valence-corrected chi connectivity index (χ3v) is 6.44. The second-order valence-corrected chi connectivity index (χ2v) is 9.30. The SMILES string of the molecule is O[C@@H](COc1cccc(-c2occ3cc(F)ccc23)c1)CN1CCC(Oc2cccc(Cl)c2)CC1. The van der Waals surface area contributed by atoms with Gasteiger partial charge in [-0.3, -0.25) is 0 Å². The summed E-state index contributed by atoms with van der Waals surface area (Å²) in [6, 6.07) is 19.6. The molecule has 1 fully saturated rings. The molecule has 0 unspecified atom stereocenters. The van der Waals surface area contributed by atoms with Crippen molar-refractivity contribution in [1.82, 2.24) is 4.90 Å². The van der Waals surface area contributed by atoms with E-state index in [-0.39, 0.29) is 18.5 Å². The maximum Gasteiger partial charge on any atom is 0.141 e. The molecule has 0 radical (unpaired) electrons. The first-order chi connectivity index (χ1) is 17.0. The summed E-state index contributed by atoms with van der Waals surface area (Å²) in [5.41, 5.74) is 0.834. The second-order valence-electron chi connectivity index (χ2n) is 8.86. The number of hydrogen-bond acceptors (Lipinski definition) is 5. The summed E-state index contributed by atoms with van der Waals surface area (Å²) in [6.07, 6.45) is 2.87. The van der Waals surface area contributed by atoms with Gasteiger partial charge in [-0.2, -0.15) is 0 Å². The molecule has 2 heterocycles. The largest absolute Gasteiger partial charge is 0.491 e. The van der Waals surface area contributed by atoms with Gasteiger partial charge in [-0.1, -0.05) is 29.8 Å². The normalized spacial score (nSPS) is 15.9. The van der Waals surface area contributed by atoms with Gasteiger partial charge in [0, 0.05) is 41.0 Å². The number of likely N-dealkylation sites (tertiary alicyclic amines) is 1. The third kappa shape index (κ3) is 5.96. The van der Waals surface area contributed by atoms with E-state index < -0.39 is 6.10 Å². The molecule has 5 rings (SSSR count). The number of fused-ring (bicyclic) bond motifs is 1. The van der Waals surface area contributed by atoms with Crippen LogP contribution in [0.4, 0.5) is 4.39 Å². The number of nitrogens with zero attached hydrogens (tertiary/aromatic N) is 1. The van der Waals surface area contributed by atoms with E-state index in [0.29, 0.717) is 28.5 Å². The van der Waals surface area contributed by atoms with Crippen LogP contribution in [0, 0.1) is 5.82 Å². The van der Waals surface area contributed by atoms with E-state index in [1.807, 2.05) is 48.5 Å². The number of ether oxygens (including phenoxy) is 2. The van der Waals surface area contributed by atoms with E-state index >= 15 is 0 Å². The maximum absolute atomic E-state index is 13.5. The predicted octanol–water partition coefficient (Wildman–Crippen LogP) is 6.18. The van der Waals surface area contributed by atoms with Crippen molar-refractivity contribution in [1.29, 1.82) is 0 Å². The lowest BCUT2D eigenvalue weighted by atomic mass is 10.1. The van der Waals surface area contributed by atoms with Crippen LogP contribution in [-0.4, -0.2) is 48.5 Å². The maximum atomic E-state index is 13.5. The fourth-order valence-corrected chi connectivity index (χ4v) is 4.64. The van der Waals surface area contributed by atoms with Crippen LogP contribution in [0.15, 0.2) is 77.4 Å². The van der Waals surface area contributed by atoms with Crippen LogP contribution < -0.4 is 9.47 Å². The summed E-state index contributed by atoms with van der Waals surface area (Å²) in [5.74, 6) is 1.80. The van der Waals surface area contributed by atoms with Crippen molar-refractivity contribution in [3.05, 3.63) is 83.8 Å². The Morgan fingerprint density at radius 1 is 1.03 bits per heavy atom. The highest BCUT2D eigenvalue weighted by Gasteiger charge is 2.22. The van der Waals surface area contributed by atoms with Crippen molar-refractivity contribution < 1.29 is 23.4 Å². The van der Waals surface area contributed by atoms with Crippen LogP contribution in [0.2, 0.25) is 5.02 Å². The average Bonchev–Trinajstić information content (AvgIpc) is 3.27. The van der Waals surface area contributed by atoms with Crippen molar-refractivity contribution in [2.45, 2.75) is 25.0 Å². The van der Waals surface area contributed by atoms with Gasteiger partial charge in [0.25, 0.3) is 0 Å². The molecule has 0 amide bonds.